The van der Waals surface area contributed by atoms with Gasteiger partial charge in [0.2, 0.25) is 5.91 Å². The Morgan fingerprint density at radius 3 is 1.82 bits per heavy atom. The molecule has 0 aliphatic rings. The highest BCUT2D eigenvalue weighted by atomic mass is 79.9. The average molecular weight is 287 g/mol. The van der Waals surface area contributed by atoms with Crippen molar-refractivity contribution >= 4 is 37.8 Å². The van der Waals surface area contributed by atoms with E-state index < -0.39 is 4.32 Å². The molecule has 0 fully saturated rings. The van der Waals surface area contributed by atoms with Gasteiger partial charge < -0.3 is 5.73 Å². The highest BCUT2D eigenvalue weighted by Crippen LogP contribution is 2.39. The molecule has 0 aromatic rings. The summed E-state index contributed by atoms with van der Waals surface area (Å²) in [5.41, 5.74) is 5.07. The molecule has 0 aromatic carbocycles. The fourth-order valence-electron chi connectivity index (χ4n) is 0.636. The lowest BCUT2D eigenvalue weighted by atomic mass is 9.81. The number of rotatable bonds is 2. The zero-order valence-electron chi connectivity index (χ0n) is 6.95. The Bertz CT molecular complexity index is 164. The van der Waals surface area contributed by atoms with E-state index in [0.29, 0.717) is 5.33 Å². The molecule has 0 aliphatic heterocycles. The van der Waals surface area contributed by atoms with Gasteiger partial charge in [-0.3, -0.25) is 4.79 Å². The number of primary amides is 1. The number of nitrogens with two attached hydrogens (primary N) is 1. The van der Waals surface area contributed by atoms with Crippen molar-refractivity contribution in [1.29, 1.82) is 0 Å². The van der Waals surface area contributed by atoms with E-state index >= 15 is 0 Å². The monoisotopic (exact) mass is 285 g/mol. The molecule has 0 aromatic heterocycles. The maximum atomic E-state index is 11.0. The van der Waals surface area contributed by atoms with Gasteiger partial charge in [0, 0.05) is 5.33 Å². The topological polar surface area (TPSA) is 43.1 Å². The molecule has 0 rings (SSSR count). The average Bonchev–Trinajstić information content (AvgIpc) is 1.83. The van der Waals surface area contributed by atoms with Gasteiger partial charge in [-0.25, -0.2) is 0 Å². The largest absolute Gasteiger partial charge is 0.368 e. The molecule has 0 saturated heterocycles. The van der Waals surface area contributed by atoms with Crippen LogP contribution in [0.25, 0.3) is 0 Å². The fourth-order valence-corrected chi connectivity index (χ4v) is 1.75. The second kappa shape index (κ2) is 3.44. The number of carbonyl (C=O) groups excluding carboxylic acids is 1. The molecule has 1 unspecified atom stereocenters. The number of carbonyl (C=O) groups is 1. The zero-order chi connectivity index (χ0) is 9.28. The van der Waals surface area contributed by atoms with Crippen molar-refractivity contribution < 1.29 is 4.79 Å². The van der Waals surface area contributed by atoms with Gasteiger partial charge in [0.25, 0.3) is 0 Å². The number of hydrogen-bond donors (Lipinski definition) is 1. The minimum Gasteiger partial charge on any atom is -0.368 e. The molecule has 0 heterocycles. The zero-order valence-corrected chi connectivity index (χ0v) is 10.1. The maximum absolute atomic E-state index is 11.0. The molecular formula is C7H13Br2NO. The van der Waals surface area contributed by atoms with Crippen LogP contribution in [-0.4, -0.2) is 15.6 Å². The second-order valence-corrected chi connectivity index (χ2v) is 5.46. The highest BCUT2D eigenvalue weighted by Gasteiger charge is 2.43. The van der Waals surface area contributed by atoms with Crippen LogP contribution in [0, 0.1) is 5.41 Å². The summed E-state index contributed by atoms with van der Waals surface area (Å²) in [4.78, 5) is 11.0. The van der Waals surface area contributed by atoms with Crippen LogP contribution in [0.3, 0.4) is 0 Å². The van der Waals surface area contributed by atoms with Crippen LogP contribution < -0.4 is 5.73 Å². The molecule has 1 atom stereocenters. The van der Waals surface area contributed by atoms with Crippen molar-refractivity contribution in [2.45, 2.75) is 25.1 Å². The van der Waals surface area contributed by atoms with Gasteiger partial charge in [-0.1, -0.05) is 52.6 Å². The van der Waals surface area contributed by atoms with E-state index in [4.69, 9.17) is 5.73 Å². The van der Waals surface area contributed by atoms with Gasteiger partial charge in [0.15, 0.2) is 0 Å². The van der Waals surface area contributed by atoms with Crippen molar-refractivity contribution in [2.24, 2.45) is 11.1 Å². The van der Waals surface area contributed by atoms with Crippen LogP contribution in [0.1, 0.15) is 20.8 Å². The van der Waals surface area contributed by atoms with Gasteiger partial charge in [-0.05, 0) is 5.41 Å². The summed E-state index contributed by atoms with van der Waals surface area (Å²) >= 11 is 6.61. The molecule has 0 bridgehead atoms. The number of alkyl halides is 2. The van der Waals surface area contributed by atoms with Crippen LogP contribution in [0.15, 0.2) is 0 Å². The Hall–Kier alpha value is 0.430. The lowest BCUT2D eigenvalue weighted by molar-refractivity contribution is -0.121. The first kappa shape index (κ1) is 11.4. The van der Waals surface area contributed by atoms with Crippen molar-refractivity contribution in [2.75, 3.05) is 5.33 Å². The van der Waals surface area contributed by atoms with Crippen molar-refractivity contribution in [1.82, 2.24) is 0 Å². The molecule has 1 amide bonds. The lowest BCUT2D eigenvalue weighted by Crippen LogP contribution is -2.49. The van der Waals surface area contributed by atoms with E-state index in [2.05, 4.69) is 31.9 Å². The van der Waals surface area contributed by atoms with Gasteiger partial charge in [0.05, 0.1) is 0 Å². The van der Waals surface area contributed by atoms with Crippen molar-refractivity contribution in [3.05, 3.63) is 0 Å². The van der Waals surface area contributed by atoms with Crippen molar-refractivity contribution in [3.8, 4) is 0 Å². The van der Waals surface area contributed by atoms with Crippen LogP contribution in [0.4, 0.5) is 0 Å². The first-order valence-corrected chi connectivity index (χ1v) is 5.22. The van der Waals surface area contributed by atoms with Crippen LogP contribution in [-0.2, 0) is 4.79 Å². The SMILES string of the molecule is CC(C)(C)C(Br)(CBr)C(N)=O. The smallest absolute Gasteiger partial charge is 0.235 e. The summed E-state index contributed by atoms with van der Waals surface area (Å²) < 4.78 is -0.653. The summed E-state index contributed by atoms with van der Waals surface area (Å²) in [6.07, 6.45) is 0. The molecule has 66 valence electrons. The van der Waals surface area contributed by atoms with Gasteiger partial charge >= 0.3 is 0 Å². The molecule has 0 spiro atoms. The third kappa shape index (κ3) is 2.18. The van der Waals surface area contributed by atoms with Gasteiger partial charge in [0.1, 0.15) is 4.32 Å². The summed E-state index contributed by atoms with van der Waals surface area (Å²) in [7, 11) is 0. The predicted molar refractivity (Wildman–Crippen MR) is 54.1 cm³/mol. The minimum atomic E-state index is -0.653. The molecule has 0 saturated carbocycles. The molecule has 11 heavy (non-hydrogen) atoms. The molecule has 0 aliphatic carbocycles. The van der Waals surface area contributed by atoms with E-state index in [9.17, 15) is 4.79 Å². The number of hydrogen-bond acceptors (Lipinski definition) is 1. The first-order chi connectivity index (χ1) is 4.75. The van der Waals surface area contributed by atoms with Crippen LogP contribution in [0.5, 0.6) is 0 Å². The Kier molecular flexibility index (Phi) is 3.57. The van der Waals surface area contributed by atoms with Crippen LogP contribution in [0.2, 0.25) is 0 Å². The molecular weight excluding hydrogens is 274 g/mol. The summed E-state index contributed by atoms with van der Waals surface area (Å²) in [6, 6.07) is 0. The van der Waals surface area contributed by atoms with E-state index in [1.807, 2.05) is 20.8 Å². The van der Waals surface area contributed by atoms with Crippen LogP contribution >= 0.6 is 31.9 Å². The number of amides is 1. The second-order valence-electron chi connectivity index (χ2n) is 3.55. The standard InChI is InChI=1S/C7H13Br2NO/c1-6(2,3)7(9,4-8)5(10)11/h4H2,1-3H3,(H2,10,11). The normalized spacial score (nSPS) is 17.5. The molecule has 2 N–H and O–H groups in total. The Morgan fingerprint density at radius 2 is 1.82 bits per heavy atom. The van der Waals surface area contributed by atoms with Crippen molar-refractivity contribution in [3.63, 3.8) is 0 Å². The Balaban J connectivity index is 4.75. The van der Waals surface area contributed by atoms with E-state index in [-0.39, 0.29) is 11.3 Å². The summed E-state index contributed by atoms with van der Waals surface area (Å²) in [5, 5.41) is 0.527. The Morgan fingerprint density at radius 1 is 1.45 bits per heavy atom. The first-order valence-electron chi connectivity index (χ1n) is 3.30. The quantitative estimate of drug-likeness (QED) is 0.776. The molecule has 0 radical (unpaired) electrons. The van der Waals surface area contributed by atoms with Gasteiger partial charge in [-0.2, -0.15) is 0 Å². The Labute approximate surface area is 84.2 Å². The summed E-state index contributed by atoms with van der Waals surface area (Å²) in [5.74, 6) is -0.332. The minimum absolute atomic E-state index is 0.178. The molecule has 2 nitrogen and oxygen atoms in total. The lowest BCUT2D eigenvalue weighted by Gasteiger charge is -2.35. The molecule has 4 heteroatoms. The van der Waals surface area contributed by atoms with Gasteiger partial charge in [-0.15, -0.1) is 0 Å². The van der Waals surface area contributed by atoms with E-state index in [0.717, 1.165) is 0 Å². The third-order valence-electron chi connectivity index (χ3n) is 1.76. The van der Waals surface area contributed by atoms with E-state index in [1.54, 1.807) is 0 Å². The third-order valence-corrected chi connectivity index (χ3v) is 5.22. The highest BCUT2D eigenvalue weighted by molar-refractivity contribution is 9.12. The number of halogens is 2. The predicted octanol–water partition coefficient (Wildman–Crippen LogP) is 2.05. The van der Waals surface area contributed by atoms with E-state index in [1.165, 1.54) is 0 Å². The summed E-state index contributed by atoms with van der Waals surface area (Å²) in [6.45, 7) is 5.90. The fraction of sp³-hybridized carbons (Fsp3) is 0.857. The maximum Gasteiger partial charge on any atom is 0.235 e.